The first-order valence-electron chi connectivity index (χ1n) is 7.97. The molecule has 0 N–H and O–H groups in total. The lowest BCUT2D eigenvalue weighted by Crippen LogP contribution is -2.21. The maximum Gasteiger partial charge on any atom is 0.0701 e. The van der Waals surface area contributed by atoms with Gasteiger partial charge in [-0.2, -0.15) is 0 Å². The van der Waals surface area contributed by atoms with Gasteiger partial charge in [-0.3, -0.25) is 0 Å². The summed E-state index contributed by atoms with van der Waals surface area (Å²) in [7, 11) is 0. The van der Waals surface area contributed by atoms with Gasteiger partial charge in [0.15, 0.2) is 0 Å². The van der Waals surface area contributed by atoms with Crippen LogP contribution in [0.5, 0.6) is 0 Å². The molecule has 0 fully saturated rings. The Labute approximate surface area is 133 Å². The van der Waals surface area contributed by atoms with Crippen LogP contribution < -0.4 is 0 Å². The minimum absolute atomic E-state index is 0.364. The Bertz CT molecular complexity index is 202. The van der Waals surface area contributed by atoms with Crippen molar-refractivity contribution >= 4 is 15.9 Å². The standard InChI is InChI=1S/C16H33BrO3/c1-4-6-9-18-11-13-20-14-12-19-10-8-16(3,15-17)7-5-2/h4-15H2,1-3H3. The third-order valence-electron chi connectivity index (χ3n) is 3.41. The molecular formula is C16H33BrO3. The lowest BCUT2D eigenvalue weighted by Gasteiger charge is -2.26. The Morgan fingerprint density at radius 3 is 1.80 bits per heavy atom. The molecule has 1 unspecified atom stereocenters. The van der Waals surface area contributed by atoms with Gasteiger partial charge in [0.05, 0.1) is 26.4 Å². The lowest BCUT2D eigenvalue weighted by molar-refractivity contribution is 0.00922. The molecule has 0 saturated heterocycles. The Morgan fingerprint density at radius 2 is 1.30 bits per heavy atom. The van der Waals surface area contributed by atoms with E-state index in [1.54, 1.807) is 0 Å². The monoisotopic (exact) mass is 352 g/mol. The largest absolute Gasteiger partial charge is 0.379 e. The van der Waals surface area contributed by atoms with Crippen molar-refractivity contribution in [3.8, 4) is 0 Å². The van der Waals surface area contributed by atoms with Crippen LogP contribution in [0.2, 0.25) is 0 Å². The van der Waals surface area contributed by atoms with E-state index in [1.165, 1.54) is 19.3 Å². The molecule has 0 spiro atoms. The molecule has 0 heterocycles. The Balaban J connectivity index is 3.27. The molecule has 0 amide bonds. The summed E-state index contributed by atoms with van der Waals surface area (Å²) in [6.45, 7) is 11.1. The SMILES string of the molecule is CCCCOCCOCCOCCC(C)(CBr)CCC. The molecule has 0 radical (unpaired) electrons. The summed E-state index contributed by atoms with van der Waals surface area (Å²) in [4.78, 5) is 0. The molecule has 20 heavy (non-hydrogen) atoms. The van der Waals surface area contributed by atoms with Crippen LogP contribution in [0.25, 0.3) is 0 Å². The van der Waals surface area contributed by atoms with Crippen LogP contribution in [-0.2, 0) is 14.2 Å². The van der Waals surface area contributed by atoms with Crippen LogP contribution in [0.1, 0.15) is 52.9 Å². The van der Waals surface area contributed by atoms with E-state index in [2.05, 4.69) is 36.7 Å². The van der Waals surface area contributed by atoms with Crippen molar-refractivity contribution in [3.05, 3.63) is 0 Å². The number of ether oxygens (including phenoxy) is 3. The number of hydrogen-bond donors (Lipinski definition) is 0. The van der Waals surface area contributed by atoms with E-state index < -0.39 is 0 Å². The van der Waals surface area contributed by atoms with Gasteiger partial charge < -0.3 is 14.2 Å². The molecule has 0 rings (SSSR count). The van der Waals surface area contributed by atoms with Crippen LogP contribution >= 0.6 is 15.9 Å². The van der Waals surface area contributed by atoms with Gasteiger partial charge in [0, 0.05) is 18.5 Å². The van der Waals surface area contributed by atoms with E-state index in [0.29, 0.717) is 31.8 Å². The van der Waals surface area contributed by atoms with Gasteiger partial charge >= 0.3 is 0 Å². The lowest BCUT2D eigenvalue weighted by atomic mass is 9.85. The van der Waals surface area contributed by atoms with Crippen LogP contribution in [-0.4, -0.2) is 45.0 Å². The molecule has 0 bridgehead atoms. The van der Waals surface area contributed by atoms with Crippen molar-refractivity contribution in [2.45, 2.75) is 52.9 Å². The highest BCUT2D eigenvalue weighted by Gasteiger charge is 2.21. The molecule has 0 aromatic heterocycles. The van der Waals surface area contributed by atoms with Crippen LogP contribution in [0, 0.1) is 5.41 Å². The fraction of sp³-hybridized carbons (Fsp3) is 1.00. The maximum absolute atomic E-state index is 5.64. The number of unbranched alkanes of at least 4 members (excludes halogenated alkanes) is 1. The highest BCUT2D eigenvalue weighted by molar-refractivity contribution is 9.09. The Kier molecular flexibility index (Phi) is 14.6. The average molecular weight is 353 g/mol. The summed E-state index contributed by atoms with van der Waals surface area (Å²) in [5.41, 5.74) is 0.364. The van der Waals surface area contributed by atoms with E-state index in [9.17, 15) is 0 Å². The zero-order chi connectivity index (χ0) is 15.1. The van der Waals surface area contributed by atoms with Gasteiger partial charge in [-0.15, -0.1) is 0 Å². The molecule has 0 aliphatic carbocycles. The van der Waals surface area contributed by atoms with Gasteiger partial charge in [-0.1, -0.05) is 49.5 Å². The molecular weight excluding hydrogens is 320 g/mol. The first-order valence-corrected chi connectivity index (χ1v) is 9.10. The second-order valence-electron chi connectivity index (χ2n) is 5.63. The van der Waals surface area contributed by atoms with Gasteiger partial charge in [-0.25, -0.2) is 0 Å². The maximum atomic E-state index is 5.64. The normalized spacial score (nSPS) is 14.4. The molecule has 3 nitrogen and oxygen atoms in total. The van der Waals surface area contributed by atoms with E-state index in [-0.39, 0.29) is 0 Å². The molecule has 0 aliphatic rings. The van der Waals surface area contributed by atoms with Crippen LogP contribution in [0.4, 0.5) is 0 Å². The third-order valence-corrected chi connectivity index (χ3v) is 4.77. The van der Waals surface area contributed by atoms with Gasteiger partial charge in [0.1, 0.15) is 0 Å². The number of hydrogen-bond acceptors (Lipinski definition) is 3. The highest BCUT2D eigenvalue weighted by Crippen LogP contribution is 2.29. The minimum Gasteiger partial charge on any atom is -0.379 e. The highest BCUT2D eigenvalue weighted by atomic mass is 79.9. The Morgan fingerprint density at radius 1 is 0.750 bits per heavy atom. The van der Waals surface area contributed by atoms with Crippen LogP contribution in [0.15, 0.2) is 0 Å². The van der Waals surface area contributed by atoms with Crippen molar-refractivity contribution in [2.24, 2.45) is 5.41 Å². The summed E-state index contributed by atoms with van der Waals surface area (Å²) < 4.78 is 16.5. The molecule has 122 valence electrons. The third kappa shape index (κ3) is 12.1. The van der Waals surface area contributed by atoms with Crippen molar-refractivity contribution in [2.75, 3.05) is 45.0 Å². The summed E-state index contributed by atoms with van der Waals surface area (Å²) in [6, 6.07) is 0. The van der Waals surface area contributed by atoms with E-state index in [4.69, 9.17) is 14.2 Å². The van der Waals surface area contributed by atoms with E-state index in [1.807, 2.05) is 0 Å². The smallest absolute Gasteiger partial charge is 0.0701 e. The zero-order valence-corrected chi connectivity index (χ0v) is 15.2. The number of rotatable bonds is 15. The van der Waals surface area contributed by atoms with Gasteiger partial charge in [-0.05, 0) is 24.7 Å². The molecule has 0 aromatic rings. The Hall–Kier alpha value is 0.360. The second kappa shape index (κ2) is 14.3. The summed E-state index contributed by atoms with van der Waals surface area (Å²) in [5.74, 6) is 0. The predicted molar refractivity (Wildman–Crippen MR) is 88.8 cm³/mol. The second-order valence-corrected chi connectivity index (χ2v) is 6.20. The quantitative estimate of drug-likeness (QED) is 0.322. The average Bonchev–Trinajstić information content (AvgIpc) is 2.45. The van der Waals surface area contributed by atoms with E-state index >= 15 is 0 Å². The van der Waals surface area contributed by atoms with Crippen LogP contribution in [0.3, 0.4) is 0 Å². The van der Waals surface area contributed by atoms with Gasteiger partial charge in [0.25, 0.3) is 0 Å². The summed E-state index contributed by atoms with van der Waals surface area (Å²) >= 11 is 3.61. The van der Waals surface area contributed by atoms with Crippen molar-refractivity contribution < 1.29 is 14.2 Å². The van der Waals surface area contributed by atoms with Crippen molar-refractivity contribution in [1.82, 2.24) is 0 Å². The summed E-state index contributed by atoms with van der Waals surface area (Å²) in [6.07, 6.45) is 5.88. The minimum atomic E-state index is 0.364. The predicted octanol–water partition coefficient (Wildman–Crippen LogP) is 4.43. The zero-order valence-electron chi connectivity index (χ0n) is 13.6. The molecule has 1 atom stereocenters. The molecule has 0 aliphatic heterocycles. The molecule has 0 aromatic carbocycles. The van der Waals surface area contributed by atoms with Crippen molar-refractivity contribution in [1.29, 1.82) is 0 Å². The summed E-state index contributed by atoms with van der Waals surface area (Å²) in [5, 5.41) is 1.04. The van der Waals surface area contributed by atoms with Crippen molar-refractivity contribution in [3.63, 3.8) is 0 Å². The fourth-order valence-electron chi connectivity index (χ4n) is 1.97. The number of alkyl halides is 1. The van der Waals surface area contributed by atoms with Gasteiger partial charge in [0.2, 0.25) is 0 Å². The first-order chi connectivity index (χ1) is 9.68. The first kappa shape index (κ1) is 20.4. The fourth-order valence-corrected chi connectivity index (χ4v) is 2.53. The van der Waals surface area contributed by atoms with E-state index in [0.717, 1.165) is 31.4 Å². The number of halogens is 1. The topological polar surface area (TPSA) is 27.7 Å². The molecule has 4 heteroatoms. The molecule has 0 saturated carbocycles.